The Bertz CT molecular complexity index is 911. The Hall–Kier alpha value is -2.31. The van der Waals surface area contributed by atoms with Crippen molar-refractivity contribution < 1.29 is 9.52 Å². The van der Waals surface area contributed by atoms with Crippen LogP contribution in [-0.2, 0) is 6.42 Å². The lowest BCUT2D eigenvalue weighted by atomic mass is 9.96. The van der Waals surface area contributed by atoms with Crippen LogP contribution in [0, 0.1) is 6.92 Å². The molecular formula is C21H25N3O2S. The quantitative estimate of drug-likeness (QED) is 0.665. The van der Waals surface area contributed by atoms with E-state index in [2.05, 4.69) is 23.0 Å². The molecule has 0 unspecified atom stereocenters. The summed E-state index contributed by atoms with van der Waals surface area (Å²) in [5.74, 6) is 1.71. The summed E-state index contributed by atoms with van der Waals surface area (Å²) in [7, 11) is 0. The van der Waals surface area contributed by atoms with Crippen LogP contribution in [0.1, 0.15) is 50.3 Å². The van der Waals surface area contributed by atoms with Crippen LogP contribution in [0.2, 0.25) is 0 Å². The Morgan fingerprint density at radius 3 is 2.78 bits per heavy atom. The molecule has 0 aromatic carbocycles. The minimum Gasteiger partial charge on any atom is -0.440 e. The summed E-state index contributed by atoms with van der Waals surface area (Å²) in [5.41, 5.74) is 4.30. The summed E-state index contributed by atoms with van der Waals surface area (Å²) in [6.07, 6.45) is 9.80. The summed E-state index contributed by atoms with van der Waals surface area (Å²) in [6, 6.07) is 3.95. The van der Waals surface area contributed by atoms with Crippen molar-refractivity contribution in [3.8, 4) is 21.3 Å². The normalized spacial score (nSPS) is 14.6. The topological polar surface area (TPSA) is 72.0 Å². The van der Waals surface area contributed by atoms with E-state index in [0.717, 1.165) is 58.3 Å². The molecule has 142 valence electrons. The summed E-state index contributed by atoms with van der Waals surface area (Å²) in [6.45, 7) is 6.32. The van der Waals surface area contributed by atoms with E-state index in [0.29, 0.717) is 12.5 Å². The number of allylic oxidation sites excluding steroid dienone is 2. The van der Waals surface area contributed by atoms with E-state index in [1.54, 1.807) is 17.5 Å². The Labute approximate surface area is 163 Å². The molecule has 3 aromatic heterocycles. The Morgan fingerprint density at radius 1 is 1.30 bits per heavy atom. The standard InChI is InChI=1S/C18H17N3OS.C3H8O/c1-3-12-6-4-8-14-15(12)21-17(22-14)16-11(2)20-18(23-16)13-7-5-9-19-10-13;1-2-3-4/h3,5,7,9-10H,4,6,8H2,1-2H3;4H,2-3H2,1H3/b12-3+;. The molecule has 1 N–H and O–H groups in total. The van der Waals surface area contributed by atoms with E-state index in [1.807, 2.05) is 32.2 Å². The number of aliphatic hydroxyl groups is 1. The molecule has 1 aliphatic rings. The molecule has 0 amide bonds. The zero-order chi connectivity index (χ0) is 19.2. The molecule has 27 heavy (non-hydrogen) atoms. The Balaban J connectivity index is 0.000000481. The first-order valence-corrected chi connectivity index (χ1v) is 10.1. The van der Waals surface area contributed by atoms with Gasteiger partial charge in [0.15, 0.2) is 0 Å². The fourth-order valence-corrected chi connectivity index (χ4v) is 3.90. The number of nitrogens with zero attached hydrogens (tertiary/aromatic N) is 3. The van der Waals surface area contributed by atoms with Gasteiger partial charge in [-0.25, -0.2) is 9.97 Å². The van der Waals surface area contributed by atoms with Crippen LogP contribution in [0.4, 0.5) is 0 Å². The number of aromatic nitrogens is 3. The molecule has 6 heteroatoms. The summed E-state index contributed by atoms with van der Waals surface area (Å²) in [5, 5.41) is 8.83. The van der Waals surface area contributed by atoms with Gasteiger partial charge in [0.2, 0.25) is 5.89 Å². The predicted molar refractivity (Wildman–Crippen MR) is 110 cm³/mol. The zero-order valence-corrected chi connectivity index (χ0v) is 16.8. The van der Waals surface area contributed by atoms with Crippen molar-refractivity contribution in [1.82, 2.24) is 15.0 Å². The number of aliphatic hydroxyl groups excluding tert-OH is 1. The molecular weight excluding hydrogens is 358 g/mol. The largest absolute Gasteiger partial charge is 0.440 e. The summed E-state index contributed by atoms with van der Waals surface area (Å²) in [4.78, 5) is 14.6. The van der Waals surface area contributed by atoms with Gasteiger partial charge in [-0.15, -0.1) is 11.3 Å². The number of thiazole rings is 1. The first kappa shape index (κ1) is 19.5. The number of oxazole rings is 1. The molecule has 5 nitrogen and oxygen atoms in total. The molecule has 0 aliphatic heterocycles. The maximum absolute atomic E-state index is 7.88. The fraction of sp³-hybridized carbons (Fsp3) is 0.381. The van der Waals surface area contributed by atoms with Gasteiger partial charge >= 0.3 is 0 Å². The third-order valence-electron chi connectivity index (χ3n) is 4.32. The lowest BCUT2D eigenvalue weighted by Gasteiger charge is -2.10. The van der Waals surface area contributed by atoms with Gasteiger partial charge in [-0.3, -0.25) is 4.98 Å². The van der Waals surface area contributed by atoms with Crippen LogP contribution in [0.3, 0.4) is 0 Å². The maximum Gasteiger partial charge on any atom is 0.239 e. The second kappa shape index (κ2) is 9.06. The average molecular weight is 384 g/mol. The second-order valence-electron chi connectivity index (χ2n) is 6.36. The SMILES string of the molecule is C/C=C1\CCCc2oc(-c3sc(-c4cccnc4)nc3C)nc21.CCCO. The Kier molecular flexibility index (Phi) is 6.53. The molecule has 0 bridgehead atoms. The number of aryl methyl sites for hydroxylation is 2. The summed E-state index contributed by atoms with van der Waals surface area (Å²) >= 11 is 1.61. The molecule has 1 aliphatic carbocycles. The molecule has 0 fully saturated rings. The second-order valence-corrected chi connectivity index (χ2v) is 7.36. The minimum atomic E-state index is 0.319. The molecule has 0 radical (unpaired) electrons. The first-order valence-electron chi connectivity index (χ1n) is 9.32. The van der Waals surface area contributed by atoms with E-state index >= 15 is 0 Å². The maximum atomic E-state index is 7.88. The highest BCUT2D eigenvalue weighted by Gasteiger charge is 2.23. The van der Waals surface area contributed by atoms with Crippen LogP contribution < -0.4 is 0 Å². The van der Waals surface area contributed by atoms with Crippen LogP contribution >= 0.6 is 11.3 Å². The van der Waals surface area contributed by atoms with Crippen molar-refractivity contribution in [2.45, 2.75) is 46.5 Å². The lowest BCUT2D eigenvalue weighted by Crippen LogP contribution is -1.99. The first-order chi connectivity index (χ1) is 13.2. The van der Waals surface area contributed by atoms with Crippen molar-refractivity contribution in [2.24, 2.45) is 0 Å². The molecule has 0 saturated heterocycles. The van der Waals surface area contributed by atoms with Gasteiger partial charge in [-0.2, -0.15) is 0 Å². The van der Waals surface area contributed by atoms with Crippen molar-refractivity contribution in [3.05, 3.63) is 47.8 Å². The van der Waals surface area contributed by atoms with Crippen LogP contribution in [-0.4, -0.2) is 26.7 Å². The predicted octanol–water partition coefficient (Wildman–Crippen LogP) is 5.30. The fourth-order valence-electron chi connectivity index (χ4n) is 2.92. The Morgan fingerprint density at radius 2 is 2.11 bits per heavy atom. The van der Waals surface area contributed by atoms with Crippen LogP contribution in [0.15, 0.2) is 35.0 Å². The molecule has 3 aromatic rings. The monoisotopic (exact) mass is 383 g/mol. The van der Waals surface area contributed by atoms with E-state index in [-0.39, 0.29) is 0 Å². The van der Waals surface area contributed by atoms with Crippen molar-refractivity contribution in [3.63, 3.8) is 0 Å². The number of hydrogen-bond acceptors (Lipinski definition) is 6. The molecule has 3 heterocycles. The van der Waals surface area contributed by atoms with Crippen molar-refractivity contribution in [2.75, 3.05) is 6.61 Å². The highest BCUT2D eigenvalue weighted by Crippen LogP contribution is 2.38. The third kappa shape index (κ3) is 4.34. The van der Waals surface area contributed by atoms with Gasteiger partial charge in [0.25, 0.3) is 0 Å². The van der Waals surface area contributed by atoms with Crippen LogP contribution in [0.5, 0.6) is 0 Å². The number of rotatable bonds is 3. The van der Waals surface area contributed by atoms with E-state index in [4.69, 9.17) is 14.5 Å². The minimum absolute atomic E-state index is 0.319. The number of pyridine rings is 1. The third-order valence-corrected chi connectivity index (χ3v) is 5.52. The average Bonchev–Trinajstić information content (AvgIpc) is 3.32. The molecule has 4 rings (SSSR count). The van der Waals surface area contributed by atoms with Gasteiger partial charge in [0.1, 0.15) is 21.3 Å². The highest BCUT2D eigenvalue weighted by molar-refractivity contribution is 7.18. The highest BCUT2D eigenvalue weighted by atomic mass is 32.1. The van der Waals surface area contributed by atoms with Crippen LogP contribution in [0.25, 0.3) is 26.9 Å². The van der Waals surface area contributed by atoms with Crippen molar-refractivity contribution >= 4 is 16.9 Å². The van der Waals surface area contributed by atoms with Gasteiger partial charge in [-0.1, -0.05) is 13.0 Å². The van der Waals surface area contributed by atoms with Crippen molar-refractivity contribution in [1.29, 1.82) is 0 Å². The number of fused-ring (bicyclic) bond motifs is 1. The van der Waals surface area contributed by atoms with Gasteiger partial charge in [-0.05, 0) is 50.8 Å². The van der Waals surface area contributed by atoms with E-state index < -0.39 is 0 Å². The molecule has 0 atom stereocenters. The molecule has 0 spiro atoms. The lowest BCUT2D eigenvalue weighted by molar-refractivity contribution is 0.295. The summed E-state index contributed by atoms with van der Waals surface area (Å²) < 4.78 is 6.06. The van der Waals surface area contributed by atoms with E-state index in [1.165, 1.54) is 5.57 Å². The smallest absolute Gasteiger partial charge is 0.239 e. The van der Waals surface area contributed by atoms with Gasteiger partial charge in [0.05, 0.1) is 5.69 Å². The van der Waals surface area contributed by atoms with E-state index in [9.17, 15) is 0 Å². The van der Waals surface area contributed by atoms with Gasteiger partial charge < -0.3 is 9.52 Å². The molecule has 0 saturated carbocycles. The zero-order valence-electron chi connectivity index (χ0n) is 16.0. The number of hydrogen-bond donors (Lipinski definition) is 1. The van der Waals surface area contributed by atoms with Gasteiger partial charge in [0, 0.05) is 31.0 Å².